The molecule has 1 heterocycles. The third kappa shape index (κ3) is 5.22. The Hall–Kier alpha value is -2.52. The number of nitrogens with zero attached hydrogens (tertiary/aromatic N) is 1. The summed E-state index contributed by atoms with van der Waals surface area (Å²) in [5, 5.41) is 2.87. The minimum absolute atomic E-state index is 0.118. The minimum Gasteiger partial charge on any atom is -0.381 e. The smallest absolute Gasteiger partial charge is 0.243 e. The standard InChI is InChI=1S/C22H26F2N2O4S/c1-16(26(31(2,28)29)18-8-9-19(23)20(24)14-18)21(27)25-15-22(10-12-30-13-11-22)17-6-4-3-5-7-17/h3-9,14,16H,10-13,15H2,1-2H3,(H,25,27). The molecule has 6 nitrogen and oxygen atoms in total. The van der Waals surface area contributed by atoms with E-state index in [4.69, 9.17) is 4.74 Å². The van der Waals surface area contributed by atoms with E-state index in [1.165, 1.54) is 6.92 Å². The number of amides is 1. The molecule has 0 spiro atoms. The summed E-state index contributed by atoms with van der Waals surface area (Å²) >= 11 is 0. The SMILES string of the molecule is CC(C(=O)NCC1(c2ccccc2)CCOCC1)N(c1ccc(F)c(F)c1)S(C)(=O)=O. The van der Waals surface area contributed by atoms with E-state index in [0.29, 0.717) is 32.6 Å². The number of sulfonamides is 1. The Morgan fingerprint density at radius 3 is 2.35 bits per heavy atom. The number of carbonyl (C=O) groups is 1. The quantitative estimate of drug-likeness (QED) is 0.701. The molecule has 0 radical (unpaired) electrons. The van der Waals surface area contributed by atoms with Crippen LogP contribution >= 0.6 is 0 Å². The molecule has 1 unspecified atom stereocenters. The summed E-state index contributed by atoms with van der Waals surface area (Å²) in [6, 6.07) is 11.4. The van der Waals surface area contributed by atoms with Crippen LogP contribution in [-0.4, -0.2) is 46.4 Å². The van der Waals surface area contributed by atoms with Gasteiger partial charge >= 0.3 is 0 Å². The average Bonchev–Trinajstić information content (AvgIpc) is 2.75. The van der Waals surface area contributed by atoms with E-state index < -0.39 is 33.6 Å². The lowest BCUT2D eigenvalue weighted by atomic mass is 9.74. The van der Waals surface area contributed by atoms with Crippen LogP contribution in [0.1, 0.15) is 25.3 Å². The molecule has 168 valence electrons. The normalized spacial score (nSPS) is 17.0. The van der Waals surface area contributed by atoms with Crippen molar-refractivity contribution in [2.24, 2.45) is 0 Å². The first-order valence-corrected chi connectivity index (χ1v) is 11.8. The van der Waals surface area contributed by atoms with Crippen LogP contribution in [0.2, 0.25) is 0 Å². The fraction of sp³-hybridized carbons (Fsp3) is 0.409. The first-order chi connectivity index (χ1) is 14.6. The summed E-state index contributed by atoms with van der Waals surface area (Å²) in [6.07, 6.45) is 2.34. The van der Waals surface area contributed by atoms with Crippen molar-refractivity contribution in [3.63, 3.8) is 0 Å². The van der Waals surface area contributed by atoms with Crippen LogP contribution in [0, 0.1) is 11.6 Å². The minimum atomic E-state index is -3.94. The third-order valence-electron chi connectivity index (χ3n) is 5.68. The number of benzene rings is 2. The van der Waals surface area contributed by atoms with E-state index in [0.717, 1.165) is 34.3 Å². The zero-order valence-corrected chi connectivity index (χ0v) is 18.3. The van der Waals surface area contributed by atoms with Crippen LogP contribution in [0.3, 0.4) is 0 Å². The van der Waals surface area contributed by atoms with Crippen LogP contribution < -0.4 is 9.62 Å². The molecule has 31 heavy (non-hydrogen) atoms. The van der Waals surface area contributed by atoms with Crippen molar-refractivity contribution in [1.82, 2.24) is 5.32 Å². The number of hydrogen-bond donors (Lipinski definition) is 1. The molecule has 1 aliphatic rings. The number of ether oxygens (including phenoxy) is 1. The number of rotatable bonds is 7. The summed E-state index contributed by atoms with van der Waals surface area (Å²) in [4.78, 5) is 13.0. The van der Waals surface area contributed by atoms with Crippen molar-refractivity contribution in [2.45, 2.75) is 31.2 Å². The molecule has 3 rings (SSSR count). The molecular weight excluding hydrogens is 426 g/mol. The van der Waals surface area contributed by atoms with Crippen molar-refractivity contribution >= 4 is 21.6 Å². The molecule has 1 atom stereocenters. The molecule has 1 aliphatic heterocycles. The molecule has 1 N–H and O–H groups in total. The molecule has 2 aromatic rings. The first kappa shape index (κ1) is 23.1. The van der Waals surface area contributed by atoms with Crippen LogP contribution in [0.15, 0.2) is 48.5 Å². The van der Waals surface area contributed by atoms with Crippen LogP contribution in [0.25, 0.3) is 0 Å². The van der Waals surface area contributed by atoms with E-state index in [1.807, 2.05) is 30.3 Å². The Morgan fingerprint density at radius 2 is 1.77 bits per heavy atom. The molecule has 0 bridgehead atoms. The highest BCUT2D eigenvalue weighted by atomic mass is 32.2. The van der Waals surface area contributed by atoms with Crippen LogP contribution in [-0.2, 0) is 25.0 Å². The van der Waals surface area contributed by atoms with Gasteiger partial charge in [0.05, 0.1) is 11.9 Å². The molecule has 9 heteroatoms. The third-order valence-corrected chi connectivity index (χ3v) is 6.92. The highest BCUT2D eigenvalue weighted by Crippen LogP contribution is 2.34. The van der Waals surface area contributed by atoms with Gasteiger partial charge in [-0.2, -0.15) is 0 Å². The Kier molecular flexibility index (Phi) is 6.96. The highest BCUT2D eigenvalue weighted by Gasteiger charge is 2.36. The van der Waals surface area contributed by atoms with Gasteiger partial charge in [-0.05, 0) is 37.5 Å². The molecule has 1 saturated heterocycles. The summed E-state index contributed by atoms with van der Waals surface area (Å²) in [5.74, 6) is -2.82. The predicted molar refractivity (Wildman–Crippen MR) is 114 cm³/mol. The highest BCUT2D eigenvalue weighted by molar-refractivity contribution is 7.92. The Bertz CT molecular complexity index is 1030. The van der Waals surface area contributed by atoms with Gasteiger partial charge in [-0.1, -0.05) is 30.3 Å². The fourth-order valence-electron chi connectivity index (χ4n) is 3.96. The number of anilines is 1. The van der Waals surface area contributed by atoms with Gasteiger partial charge < -0.3 is 10.1 Å². The largest absolute Gasteiger partial charge is 0.381 e. The summed E-state index contributed by atoms with van der Waals surface area (Å²) in [6.45, 7) is 2.84. The van der Waals surface area contributed by atoms with Crippen molar-refractivity contribution in [2.75, 3.05) is 30.3 Å². The second-order valence-corrected chi connectivity index (χ2v) is 9.67. The van der Waals surface area contributed by atoms with Gasteiger partial charge in [0, 0.05) is 31.2 Å². The maximum atomic E-state index is 13.7. The van der Waals surface area contributed by atoms with Crippen LogP contribution in [0.4, 0.5) is 14.5 Å². The summed E-state index contributed by atoms with van der Waals surface area (Å²) in [7, 11) is -3.94. The molecule has 0 saturated carbocycles. The number of halogens is 2. The molecule has 0 aromatic heterocycles. The zero-order valence-electron chi connectivity index (χ0n) is 17.5. The summed E-state index contributed by atoms with van der Waals surface area (Å²) in [5.41, 5.74) is 0.631. The Labute approximate surface area is 181 Å². The molecule has 0 aliphatic carbocycles. The second kappa shape index (κ2) is 9.32. The van der Waals surface area contributed by atoms with E-state index in [9.17, 15) is 22.0 Å². The van der Waals surface area contributed by atoms with Gasteiger partial charge in [0.1, 0.15) is 6.04 Å². The Balaban J connectivity index is 1.82. The van der Waals surface area contributed by atoms with Gasteiger partial charge in [0.2, 0.25) is 15.9 Å². The number of carbonyl (C=O) groups excluding carboxylic acids is 1. The molecule has 1 amide bonds. The fourth-order valence-corrected chi connectivity index (χ4v) is 5.12. The maximum Gasteiger partial charge on any atom is 0.243 e. The van der Waals surface area contributed by atoms with Gasteiger partial charge in [0.25, 0.3) is 0 Å². The first-order valence-electron chi connectivity index (χ1n) is 9.99. The lowest BCUT2D eigenvalue weighted by Gasteiger charge is -2.38. The molecule has 2 aromatic carbocycles. The van der Waals surface area contributed by atoms with Crippen molar-refractivity contribution in [3.05, 3.63) is 65.7 Å². The predicted octanol–water partition coefficient (Wildman–Crippen LogP) is 2.98. The van der Waals surface area contributed by atoms with Gasteiger partial charge in [-0.25, -0.2) is 17.2 Å². The maximum absolute atomic E-state index is 13.7. The molecular formula is C22H26F2N2O4S. The van der Waals surface area contributed by atoms with Crippen LogP contribution in [0.5, 0.6) is 0 Å². The Morgan fingerprint density at radius 1 is 1.13 bits per heavy atom. The van der Waals surface area contributed by atoms with Crippen molar-refractivity contribution < 1.29 is 26.7 Å². The van der Waals surface area contributed by atoms with E-state index in [1.54, 1.807) is 0 Å². The second-order valence-electron chi connectivity index (χ2n) is 7.81. The van der Waals surface area contributed by atoms with Gasteiger partial charge in [-0.3, -0.25) is 9.10 Å². The number of hydrogen-bond acceptors (Lipinski definition) is 4. The average molecular weight is 453 g/mol. The van der Waals surface area contributed by atoms with Crippen molar-refractivity contribution in [3.8, 4) is 0 Å². The van der Waals surface area contributed by atoms with Gasteiger partial charge in [0.15, 0.2) is 11.6 Å². The van der Waals surface area contributed by atoms with E-state index in [2.05, 4.69) is 5.32 Å². The topological polar surface area (TPSA) is 75.7 Å². The summed E-state index contributed by atoms with van der Waals surface area (Å²) < 4.78 is 58.1. The lowest BCUT2D eigenvalue weighted by Crippen LogP contribution is -2.51. The molecule has 1 fully saturated rings. The van der Waals surface area contributed by atoms with E-state index in [-0.39, 0.29) is 11.1 Å². The van der Waals surface area contributed by atoms with Gasteiger partial charge in [-0.15, -0.1) is 0 Å². The van der Waals surface area contributed by atoms with Crippen molar-refractivity contribution in [1.29, 1.82) is 0 Å². The number of nitrogens with one attached hydrogen (secondary N) is 1. The zero-order chi connectivity index (χ0) is 22.6. The monoisotopic (exact) mass is 452 g/mol. The van der Waals surface area contributed by atoms with E-state index >= 15 is 0 Å². The lowest BCUT2D eigenvalue weighted by molar-refractivity contribution is -0.122.